The molecule has 1 heterocycles. The Morgan fingerprint density at radius 1 is 1.25 bits per heavy atom. The minimum absolute atomic E-state index is 0.0922. The average Bonchev–Trinajstić information content (AvgIpc) is 2.60. The van der Waals surface area contributed by atoms with E-state index in [1.54, 1.807) is 7.05 Å². The van der Waals surface area contributed by atoms with Gasteiger partial charge in [0.25, 0.3) is 0 Å². The number of rotatable bonds is 8. The van der Waals surface area contributed by atoms with Crippen LogP contribution in [0.3, 0.4) is 0 Å². The van der Waals surface area contributed by atoms with Crippen LogP contribution >= 0.6 is 0 Å². The molecule has 0 bridgehead atoms. The summed E-state index contributed by atoms with van der Waals surface area (Å²) in [5.41, 5.74) is 0.923. The Labute approximate surface area is 143 Å². The Kier molecular flexibility index (Phi) is 7.25. The highest BCUT2D eigenvalue weighted by atomic mass is 16.5. The lowest BCUT2D eigenvalue weighted by molar-refractivity contribution is -0.149. The van der Waals surface area contributed by atoms with E-state index in [-0.39, 0.29) is 5.91 Å². The van der Waals surface area contributed by atoms with Crippen molar-refractivity contribution in [3.05, 3.63) is 35.9 Å². The van der Waals surface area contributed by atoms with Gasteiger partial charge < -0.3 is 14.7 Å². The van der Waals surface area contributed by atoms with Crippen molar-refractivity contribution in [2.75, 3.05) is 20.3 Å². The van der Waals surface area contributed by atoms with Gasteiger partial charge in [-0.3, -0.25) is 4.79 Å². The molecule has 1 aromatic carbocycles. The van der Waals surface area contributed by atoms with Crippen molar-refractivity contribution in [1.29, 1.82) is 0 Å². The van der Waals surface area contributed by atoms with E-state index in [2.05, 4.69) is 0 Å². The van der Waals surface area contributed by atoms with Crippen LogP contribution in [0, 0.1) is 5.92 Å². The molecule has 1 aromatic rings. The topological polar surface area (TPSA) is 66.8 Å². The van der Waals surface area contributed by atoms with Crippen molar-refractivity contribution in [2.24, 2.45) is 5.92 Å². The summed E-state index contributed by atoms with van der Waals surface area (Å²) in [5, 5.41) is 9.48. The minimum Gasteiger partial charge on any atom is -0.480 e. The highest BCUT2D eigenvalue weighted by Gasteiger charge is 2.26. The molecule has 1 aliphatic rings. The fourth-order valence-electron chi connectivity index (χ4n) is 3.15. The second-order valence-electron chi connectivity index (χ2n) is 6.50. The van der Waals surface area contributed by atoms with Crippen LogP contribution in [-0.4, -0.2) is 48.2 Å². The second kappa shape index (κ2) is 9.42. The highest BCUT2D eigenvalue weighted by molar-refractivity contribution is 5.83. The zero-order valence-electron chi connectivity index (χ0n) is 14.3. The van der Waals surface area contributed by atoms with Gasteiger partial charge in [0.05, 0.1) is 0 Å². The zero-order chi connectivity index (χ0) is 17.4. The SMILES string of the molecule is CN(C(=O)CCCC1CCOCC1)C(Cc1ccccc1)C(=O)O. The first kappa shape index (κ1) is 18.5. The monoisotopic (exact) mass is 333 g/mol. The lowest BCUT2D eigenvalue weighted by Gasteiger charge is -2.26. The van der Waals surface area contributed by atoms with E-state index < -0.39 is 12.0 Å². The van der Waals surface area contributed by atoms with Gasteiger partial charge in [0.15, 0.2) is 0 Å². The molecule has 5 nitrogen and oxygen atoms in total. The number of aliphatic carboxylic acids is 1. The Morgan fingerprint density at radius 3 is 2.54 bits per heavy atom. The summed E-state index contributed by atoms with van der Waals surface area (Å²) in [4.78, 5) is 25.3. The molecular formula is C19H27NO4. The van der Waals surface area contributed by atoms with Crippen LogP contribution in [-0.2, 0) is 20.7 Å². The van der Waals surface area contributed by atoms with E-state index in [0.29, 0.717) is 18.8 Å². The summed E-state index contributed by atoms with van der Waals surface area (Å²) in [6.07, 6.45) is 4.70. The Morgan fingerprint density at radius 2 is 1.92 bits per heavy atom. The molecule has 1 saturated heterocycles. The zero-order valence-corrected chi connectivity index (χ0v) is 14.3. The summed E-state index contributed by atoms with van der Waals surface area (Å²) in [6, 6.07) is 8.61. The van der Waals surface area contributed by atoms with Gasteiger partial charge in [-0.25, -0.2) is 4.79 Å². The summed E-state index contributed by atoms with van der Waals surface area (Å²) < 4.78 is 5.34. The largest absolute Gasteiger partial charge is 0.480 e. The predicted molar refractivity (Wildman–Crippen MR) is 91.7 cm³/mol. The van der Waals surface area contributed by atoms with Gasteiger partial charge in [0.1, 0.15) is 6.04 Å². The fourth-order valence-corrected chi connectivity index (χ4v) is 3.15. The number of carbonyl (C=O) groups is 2. The molecule has 1 amide bonds. The lowest BCUT2D eigenvalue weighted by atomic mass is 9.94. The third-order valence-electron chi connectivity index (χ3n) is 4.76. The van der Waals surface area contributed by atoms with Crippen LogP contribution in [0.2, 0.25) is 0 Å². The number of benzene rings is 1. The van der Waals surface area contributed by atoms with Gasteiger partial charge >= 0.3 is 5.97 Å². The average molecular weight is 333 g/mol. The maximum Gasteiger partial charge on any atom is 0.326 e. The van der Waals surface area contributed by atoms with E-state index in [1.807, 2.05) is 30.3 Å². The van der Waals surface area contributed by atoms with Crippen LogP contribution in [0.4, 0.5) is 0 Å². The van der Waals surface area contributed by atoms with Gasteiger partial charge in [0.2, 0.25) is 5.91 Å². The summed E-state index contributed by atoms with van der Waals surface area (Å²) in [6.45, 7) is 1.63. The number of carboxylic acids is 1. The summed E-state index contributed by atoms with van der Waals surface area (Å²) in [5.74, 6) is -0.416. The number of nitrogens with zero attached hydrogens (tertiary/aromatic N) is 1. The molecular weight excluding hydrogens is 306 g/mol. The highest BCUT2D eigenvalue weighted by Crippen LogP contribution is 2.21. The number of carbonyl (C=O) groups excluding carboxylic acids is 1. The van der Waals surface area contributed by atoms with Gasteiger partial charge in [-0.2, -0.15) is 0 Å². The third-order valence-corrected chi connectivity index (χ3v) is 4.76. The Hall–Kier alpha value is -1.88. The number of hydrogen-bond acceptors (Lipinski definition) is 3. The summed E-state index contributed by atoms with van der Waals surface area (Å²) >= 11 is 0. The van der Waals surface area contributed by atoms with Crippen LogP contribution < -0.4 is 0 Å². The van der Waals surface area contributed by atoms with Crippen molar-refractivity contribution in [1.82, 2.24) is 4.90 Å². The molecule has 132 valence electrons. The molecule has 0 spiro atoms. The smallest absolute Gasteiger partial charge is 0.326 e. The van der Waals surface area contributed by atoms with Crippen molar-refractivity contribution in [3.8, 4) is 0 Å². The quantitative estimate of drug-likeness (QED) is 0.794. The lowest BCUT2D eigenvalue weighted by Crippen LogP contribution is -2.43. The van der Waals surface area contributed by atoms with Gasteiger partial charge in [0, 0.05) is 33.1 Å². The molecule has 24 heavy (non-hydrogen) atoms. The molecule has 1 N–H and O–H groups in total. The van der Waals surface area contributed by atoms with Crippen LogP contribution in [0.5, 0.6) is 0 Å². The first-order chi connectivity index (χ1) is 11.6. The molecule has 0 aliphatic carbocycles. The van der Waals surface area contributed by atoms with E-state index in [9.17, 15) is 14.7 Å². The maximum absolute atomic E-state index is 12.4. The maximum atomic E-state index is 12.4. The molecule has 0 aromatic heterocycles. The number of likely N-dealkylation sites (N-methyl/N-ethyl adjacent to an activating group) is 1. The number of carboxylic acid groups (broad SMARTS) is 1. The molecule has 0 radical (unpaired) electrons. The third kappa shape index (κ3) is 5.64. The molecule has 1 aliphatic heterocycles. The Balaban J connectivity index is 1.82. The van der Waals surface area contributed by atoms with E-state index in [4.69, 9.17) is 4.74 Å². The fraction of sp³-hybridized carbons (Fsp3) is 0.579. The number of ether oxygens (including phenoxy) is 1. The number of hydrogen-bond donors (Lipinski definition) is 1. The van der Waals surface area contributed by atoms with E-state index in [1.165, 1.54) is 4.90 Å². The van der Waals surface area contributed by atoms with Gasteiger partial charge in [-0.05, 0) is 37.2 Å². The molecule has 0 saturated carbocycles. The molecule has 5 heteroatoms. The minimum atomic E-state index is -0.959. The van der Waals surface area contributed by atoms with Crippen LogP contribution in [0.15, 0.2) is 30.3 Å². The van der Waals surface area contributed by atoms with Crippen LogP contribution in [0.25, 0.3) is 0 Å². The second-order valence-corrected chi connectivity index (χ2v) is 6.50. The molecule has 1 unspecified atom stereocenters. The molecule has 2 rings (SSSR count). The molecule has 1 fully saturated rings. The van der Waals surface area contributed by atoms with Crippen molar-refractivity contribution in [2.45, 2.75) is 44.6 Å². The van der Waals surface area contributed by atoms with Gasteiger partial charge in [-0.15, -0.1) is 0 Å². The normalized spacial score (nSPS) is 16.5. The van der Waals surface area contributed by atoms with E-state index >= 15 is 0 Å². The van der Waals surface area contributed by atoms with E-state index in [0.717, 1.165) is 44.5 Å². The van der Waals surface area contributed by atoms with Crippen molar-refractivity contribution < 1.29 is 19.4 Å². The van der Waals surface area contributed by atoms with Crippen molar-refractivity contribution >= 4 is 11.9 Å². The summed E-state index contributed by atoms with van der Waals surface area (Å²) in [7, 11) is 1.60. The number of amides is 1. The predicted octanol–water partition coefficient (Wildman–Crippen LogP) is 2.74. The van der Waals surface area contributed by atoms with Gasteiger partial charge in [-0.1, -0.05) is 30.3 Å². The first-order valence-electron chi connectivity index (χ1n) is 8.68. The first-order valence-corrected chi connectivity index (χ1v) is 8.68. The molecule has 1 atom stereocenters. The standard InChI is InChI=1S/C19H27NO4/c1-20(17(19(22)23)14-16-6-3-2-4-7-16)18(21)9-5-8-15-10-12-24-13-11-15/h2-4,6-7,15,17H,5,8-14H2,1H3,(H,22,23). The van der Waals surface area contributed by atoms with Crippen LogP contribution in [0.1, 0.15) is 37.7 Å². The Bertz CT molecular complexity index is 525. The van der Waals surface area contributed by atoms with Crippen molar-refractivity contribution in [3.63, 3.8) is 0 Å².